The van der Waals surface area contributed by atoms with E-state index < -0.39 is 6.61 Å². The fraction of sp³-hybridized carbons (Fsp3) is 0.250. The van der Waals surface area contributed by atoms with Gasteiger partial charge in [0.1, 0.15) is 5.75 Å². The molecule has 0 spiro atoms. The SMILES string of the molecule is C=CCN(CCc1ccccc1)CC(=O)Nc1ccccc1OC(F)F. The minimum Gasteiger partial charge on any atom is -0.433 e. The molecule has 0 radical (unpaired) electrons. The molecule has 0 bridgehead atoms. The molecular formula is C20H22F2N2O2. The number of alkyl halides is 2. The number of ether oxygens (including phenoxy) is 1. The molecule has 4 nitrogen and oxygen atoms in total. The number of halogens is 2. The Morgan fingerprint density at radius 2 is 1.85 bits per heavy atom. The molecule has 0 aliphatic heterocycles. The normalized spacial score (nSPS) is 10.8. The van der Waals surface area contributed by atoms with E-state index in [1.54, 1.807) is 18.2 Å². The second kappa shape index (κ2) is 10.3. The summed E-state index contributed by atoms with van der Waals surface area (Å²) in [6, 6.07) is 16.1. The molecule has 2 aromatic rings. The molecule has 0 saturated heterocycles. The topological polar surface area (TPSA) is 41.6 Å². The quantitative estimate of drug-likeness (QED) is 0.652. The predicted molar refractivity (Wildman–Crippen MR) is 98.5 cm³/mol. The van der Waals surface area contributed by atoms with Crippen LogP contribution in [-0.2, 0) is 11.2 Å². The smallest absolute Gasteiger partial charge is 0.387 e. The lowest BCUT2D eigenvalue weighted by Crippen LogP contribution is -2.35. The number of nitrogens with one attached hydrogen (secondary N) is 1. The Morgan fingerprint density at radius 1 is 1.15 bits per heavy atom. The first kappa shape index (κ1) is 19.6. The van der Waals surface area contributed by atoms with Gasteiger partial charge in [-0.3, -0.25) is 9.69 Å². The van der Waals surface area contributed by atoms with Crippen molar-refractivity contribution in [3.8, 4) is 5.75 Å². The average molecular weight is 360 g/mol. The van der Waals surface area contributed by atoms with Crippen LogP contribution >= 0.6 is 0 Å². The van der Waals surface area contributed by atoms with Gasteiger partial charge < -0.3 is 10.1 Å². The second-order valence-electron chi connectivity index (χ2n) is 5.68. The number of carbonyl (C=O) groups is 1. The summed E-state index contributed by atoms with van der Waals surface area (Å²) in [6.07, 6.45) is 2.53. The van der Waals surface area contributed by atoms with Gasteiger partial charge in [-0.25, -0.2) is 0 Å². The van der Waals surface area contributed by atoms with Gasteiger partial charge >= 0.3 is 6.61 Å². The van der Waals surface area contributed by atoms with Crippen molar-refractivity contribution in [2.24, 2.45) is 0 Å². The highest BCUT2D eigenvalue weighted by Crippen LogP contribution is 2.25. The highest BCUT2D eigenvalue weighted by atomic mass is 19.3. The van der Waals surface area contributed by atoms with E-state index in [0.717, 1.165) is 6.42 Å². The van der Waals surface area contributed by atoms with Crippen LogP contribution < -0.4 is 10.1 Å². The predicted octanol–water partition coefficient (Wildman–Crippen LogP) is 3.96. The van der Waals surface area contributed by atoms with Crippen LogP contribution in [0.2, 0.25) is 0 Å². The molecule has 2 rings (SSSR count). The molecule has 0 unspecified atom stereocenters. The second-order valence-corrected chi connectivity index (χ2v) is 5.68. The molecule has 0 fully saturated rings. The minimum atomic E-state index is -2.95. The zero-order chi connectivity index (χ0) is 18.8. The van der Waals surface area contributed by atoms with Crippen LogP contribution in [-0.4, -0.2) is 37.1 Å². The minimum absolute atomic E-state index is 0.0598. The van der Waals surface area contributed by atoms with E-state index in [-0.39, 0.29) is 23.9 Å². The van der Waals surface area contributed by atoms with E-state index in [9.17, 15) is 13.6 Å². The monoisotopic (exact) mass is 360 g/mol. The van der Waals surface area contributed by atoms with E-state index >= 15 is 0 Å². The summed E-state index contributed by atoms with van der Waals surface area (Å²) < 4.78 is 29.3. The molecule has 0 aliphatic carbocycles. The number of anilines is 1. The van der Waals surface area contributed by atoms with Crippen molar-refractivity contribution in [1.29, 1.82) is 0 Å². The summed E-state index contributed by atoms with van der Waals surface area (Å²) in [7, 11) is 0. The van der Waals surface area contributed by atoms with E-state index in [0.29, 0.717) is 13.1 Å². The van der Waals surface area contributed by atoms with Gasteiger partial charge in [-0.2, -0.15) is 8.78 Å². The maximum absolute atomic E-state index is 12.5. The van der Waals surface area contributed by atoms with Gasteiger partial charge in [-0.15, -0.1) is 6.58 Å². The van der Waals surface area contributed by atoms with Gasteiger partial charge in [-0.05, 0) is 24.1 Å². The lowest BCUT2D eigenvalue weighted by atomic mass is 10.1. The van der Waals surface area contributed by atoms with Gasteiger partial charge in [0.05, 0.1) is 12.2 Å². The van der Waals surface area contributed by atoms with Crippen molar-refractivity contribution in [1.82, 2.24) is 4.90 Å². The van der Waals surface area contributed by atoms with E-state index in [1.165, 1.54) is 17.7 Å². The molecule has 26 heavy (non-hydrogen) atoms. The summed E-state index contributed by atoms with van der Waals surface area (Å²) in [5.74, 6) is -0.361. The number of nitrogens with zero attached hydrogens (tertiary/aromatic N) is 1. The fourth-order valence-corrected chi connectivity index (χ4v) is 2.51. The molecule has 1 amide bonds. The first-order chi connectivity index (χ1) is 12.6. The van der Waals surface area contributed by atoms with Crippen molar-refractivity contribution in [3.63, 3.8) is 0 Å². The third kappa shape index (κ3) is 6.64. The highest BCUT2D eigenvalue weighted by Gasteiger charge is 2.14. The number of rotatable bonds is 10. The molecule has 2 aromatic carbocycles. The largest absolute Gasteiger partial charge is 0.433 e. The lowest BCUT2D eigenvalue weighted by Gasteiger charge is -2.20. The molecular weight excluding hydrogens is 338 g/mol. The van der Waals surface area contributed by atoms with Crippen molar-refractivity contribution >= 4 is 11.6 Å². The van der Waals surface area contributed by atoms with Crippen LogP contribution in [0.5, 0.6) is 5.75 Å². The van der Waals surface area contributed by atoms with Crippen LogP contribution in [0.25, 0.3) is 0 Å². The van der Waals surface area contributed by atoms with Gasteiger partial charge in [0, 0.05) is 13.1 Å². The van der Waals surface area contributed by atoms with Crippen LogP contribution in [0.4, 0.5) is 14.5 Å². The maximum Gasteiger partial charge on any atom is 0.387 e. The van der Waals surface area contributed by atoms with Crippen molar-refractivity contribution < 1.29 is 18.3 Å². The summed E-state index contributed by atoms with van der Waals surface area (Å²) in [5, 5.41) is 2.63. The zero-order valence-electron chi connectivity index (χ0n) is 14.4. The molecule has 0 atom stereocenters. The molecule has 6 heteroatoms. The summed E-state index contributed by atoms with van der Waals surface area (Å²) >= 11 is 0. The molecule has 0 saturated carbocycles. The number of benzene rings is 2. The summed E-state index contributed by atoms with van der Waals surface area (Å²) in [4.78, 5) is 14.3. The number of hydrogen-bond acceptors (Lipinski definition) is 3. The summed E-state index contributed by atoms with van der Waals surface area (Å²) in [5.41, 5.74) is 1.40. The first-order valence-electron chi connectivity index (χ1n) is 8.29. The van der Waals surface area contributed by atoms with Crippen molar-refractivity contribution in [3.05, 3.63) is 72.8 Å². The third-order valence-corrected chi connectivity index (χ3v) is 3.69. The van der Waals surface area contributed by atoms with Crippen LogP contribution in [0.3, 0.4) is 0 Å². The van der Waals surface area contributed by atoms with Gasteiger partial charge in [0.25, 0.3) is 0 Å². The van der Waals surface area contributed by atoms with Crippen LogP contribution in [0, 0.1) is 0 Å². The Hall–Kier alpha value is -2.73. The van der Waals surface area contributed by atoms with Gasteiger partial charge in [-0.1, -0.05) is 48.5 Å². The van der Waals surface area contributed by atoms with Gasteiger partial charge in [0.15, 0.2) is 0 Å². The molecule has 0 heterocycles. The standard InChI is InChI=1S/C20H22F2N2O2/c1-2-13-24(14-12-16-8-4-3-5-9-16)15-19(25)23-17-10-6-7-11-18(17)26-20(21)22/h2-11,20H,1,12-15H2,(H,23,25). The number of hydrogen-bond donors (Lipinski definition) is 1. The Bertz CT molecular complexity index is 708. The number of carbonyl (C=O) groups excluding carboxylic acids is 1. The van der Waals surface area contributed by atoms with Crippen molar-refractivity contribution in [2.75, 3.05) is 25.0 Å². The number of para-hydroxylation sites is 2. The zero-order valence-corrected chi connectivity index (χ0v) is 14.4. The van der Waals surface area contributed by atoms with E-state index in [2.05, 4.69) is 16.6 Å². The van der Waals surface area contributed by atoms with Crippen LogP contribution in [0.1, 0.15) is 5.56 Å². The highest BCUT2D eigenvalue weighted by molar-refractivity contribution is 5.93. The molecule has 0 aliphatic rings. The Morgan fingerprint density at radius 3 is 2.54 bits per heavy atom. The Labute approximate surface area is 152 Å². The summed E-state index contributed by atoms with van der Waals surface area (Å²) in [6.45, 7) is 2.13. The first-order valence-corrected chi connectivity index (χ1v) is 8.29. The molecule has 0 aromatic heterocycles. The third-order valence-electron chi connectivity index (χ3n) is 3.69. The Balaban J connectivity index is 1.94. The van der Waals surface area contributed by atoms with E-state index in [1.807, 2.05) is 35.2 Å². The lowest BCUT2D eigenvalue weighted by molar-refractivity contribution is -0.117. The average Bonchev–Trinajstić information content (AvgIpc) is 2.62. The van der Waals surface area contributed by atoms with Crippen molar-refractivity contribution in [2.45, 2.75) is 13.0 Å². The fourth-order valence-electron chi connectivity index (χ4n) is 2.51. The van der Waals surface area contributed by atoms with E-state index in [4.69, 9.17) is 0 Å². The number of amides is 1. The maximum atomic E-state index is 12.5. The van der Waals surface area contributed by atoms with Gasteiger partial charge in [0.2, 0.25) is 5.91 Å². The Kier molecular flexibility index (Phi) is 7.76. The molecule has 138 valence electrons. The van der Waals surface area contributed by atoms with Crippen LogP contribution in [0.15, 0.2) is 67.3 Å². The molecule has 1 N–H and O–H groups in total.